The summed E-state index contributed by atoms with van der Waals surface area (Å²) in [6.07, 6.45) is 7.39. The number of anilines is 1. The van der Waals surface area contributed by atoms with E-state index in [0.717, 1.165) is 27.2 Å². The number of nitrogens with zero attached hydrogens (tertiary/aromatic N) is 1. The maximum absolute atomic E-state index is 13.9. The number of hydrogen-bond acceptors (Lipinski definition) is 5. The normalized spacial score (nSPS) is 12.6. The lowest BCUT2D eigenvalue weighted by Crippen LogP contribution is -2.51. The van der Waals surface area contributed by atoms with Gasteiger partial charge in [-0.3, -0.25) is 14.5 Å². The molecule has 204 valence electrons. The molecule has 0 aliphatic heterocycles. The third kappa shape index (κ3) is 8.29. The summed E-state index contributed by atoms with van der Waals surface area (Å²) in [6.45, 7) is 12.9. The lowest BCUT2D eigenvalue weighted by atomic mass is 9.98. The number of thioether (sulfide) groups is 1. The molecule has 0 spiro atoms. The van der Waals surface area contributed by atoms with E-state index in [1.807, 2.05) is 64.3 Å². The Morgan fingerprint density at radius 1 is 1.03 bits per heavy atom. The number of terminal acetylenes is 1. The van der Waals surface area contributed by atoms with E-state index in [2.05, 4.69) is 16.7 Å². The molecule has 38 heavy (non-hydrogen) atoms. The van der Waals surface area contributed by atoms with Gasteiger partial charge in [0.1, 0.15) is 17.7 Å². The van der Waals surface area contributed by atoms with Crippen molar-refractivity contribution < 1.29 is 19.1 Å². The number of rotatable bonds is 9. The second-order valence-electron chi connectivity index (χ2n) is 10.3. The van der Waals surface area contributed by atoms with Crippen LogP contribution in [0.25, 0.3) is 0 Å². The van der Waals surface area contributed by atoms with Gasteiger partial charge >= 0.3 is 6.09 Å². The molecule has 0 aromatic heterocycles. The molecule has 0 radical (unpaired) electrons. The third-order valence-corrected chi connectivity index (χ3v) is 6.70. The predicted octanol–water partition coefficient (Wildman–Crippen LogP) is 5.67. The van der Waals surface area contributed by atoms with Crippen LogP contribution < -0.4 is 10.6 Å². The Morgan fingerprint density at radius 2 is 1.66 bits per heavy atom. The number of carbonyl (C=O) groups is 3. The number of hydrogen-bond donors (Lipinski definition) is 2. The number of alkyl carbamates (subject to hydrolysis) is 1. The van der Waals surface area contributed by atoms with E-state index in [-0.39, 0.29) is 0 Å². The minimum Gasteiger partial charge on any atom is -0.444 e. The van der Waals surface area contributed by atoms with Crippen LogP contribution in [0.3, 0.4) is 0 Å². The first-order valence-corrected chi connectivity index (χ1v) is 13.9. The largest absolute Gasteiger partial charge is 0.444 e. The van der Waals surface area contributed by atoms with E-state index >= 15 is 0 Å². The highest BCUT2D eigenvalue weighted by atomic mass is 32.2. The molecule has 2 rings (SSSR count). The second kappa shape index (κ2) is 13.4. The lowest BCUT2D eigenvalue weighted by Gasteiger charge is -2.31. The monoisotopic (exact) mass is 537 g/mol. The fourth-order valence-corrected chi connectivity index (χ4v) is 4.40. The minimum absolute atomic E-state index is 0.315. The zero-order valence-corrected chi connectivity index (χ0v) is 24.4. The van der Waals surface area contributed by atoms with E-state index in [1.165, 1.54) is 11.8 Å². The Morgan fingerprint density at radius 3 is 2.18 bits per heavy atom. The van der Waals surface area contributed by atoms with Gasteiger partial charge in [-0.2, -0.15) is 11.8 Å². The van der Waals surface area contributed by atoms with Crippen molar-refractivity contribution >= 4 is 35.4 Å². The standard InChI is InChI=1S/C30H39N3O4S/c1-10-33(28(35)24(16-17-38-9)31-29(36)37-30(6,7)8)26(23-15-14-19(2)22(5)18-23)27(34)32-25-20(3)12-11-13-21(25)4/h1,11-15,18,24,26H,16-17H2,2-9H3,(H,31,36)(H,32,34). The zero-order chi connectivity index (χ0) is 28.6. The highest BCUT2D eigenvalue weighted by Gasteiger charge is 2.36. The van der Waals surface area contributed by atoms with E-state index in [9.17, 15) is 14.4 Å². The van der Waals surface area contributed by atoms with Gasteiger partial charge < -0.3 is 15.4 Å². The van der Waals surface area contributed by atoms with Gasteiger partial charge in [-0.1, -0.05) is 42.8 Å². The number of amides is 3. The van der Waals surface area contributed by atoms with Crippen molar-refractivity contribution in [2.45, 2.75) is 72.6 Å². The summed E-state index contributed by atoms with van der Waals surface area (Å²) < 4.78 is 5.38. The van der Waals surface area contributed by atoms with Gasteiger partial charge in [-0.05, 0) is 94.7 Å². The summed E-state index contributed by atoms with van der Waals surface area (Å²) >= 11 is 1.53. The van der Waals surface area contributed by atoms with Gasteiger partial charge in [0.15, 0.2) is 0 Å². The molecule has 2 aromatic rings. The smallest absolute Gasteiger partial charge is 0.408 e. The van der Waals surface area contributed by atoms with Crippen molar-refractivity contribution in [3.05, 3.63) is 64.2 Å². The van der Waals surface area contributed by atoms with Crippen molar-refractivity contribution in [3.63, 3.8) is 0 Å². The van der Waals surface area contributed by atoms with Gasteiger partial charge in [-0.15, -0.1) is 0 Å². The first-order chi connectivity index (χ1) is 17.8. The second-order valence-corrected chi connectivity index (χ2v) is 11.3. The number of aryl methyl sites for hydroxylation is 4. The van der Waals surface area contributed by atoms with Crippen LogP contribution in [0.1, 0.15) is 61.1 Å². The van der Waals surface area contributed by atoms with E-state index < -0.39 is 35.6 Å². The first-order valence-electron chi connectivity index (χ1n) is 12.5. The molecule has 0 heterocycles. The molecule has 2 unspecified atom stereocenters. The van der Waals surface area contributed by atoms with Gasteiger partial charge in [0.2, 0.25) is 0 Å². The predicted molar refractivity (Wildman–Crippen MR) is 155 cm³/mol. The fraction of sp³-hybridized carbons (Fsp3) is 0.433. The number of ether oxygens (including phenoxy) is 1. The maximum Gasteiger partial charge on any atom is 0.408 e. The van der Waals surface area contributed by atoms with Crippen molar-refractivity contribution in [2.75, 3.05) is 17.3 Å². The summed E-state index contributed by atoms with van der Waals surface area (Å²) in [4.78, 5) is 41.4. The molecule has 2 atom stereocenters. The third-order valence-electron chi connectivity index (χ3n) is 6.06. The molecule has 0 aliphatic rings. The van der Waals surface area contributed by atoms with E-state index in [4.69, 9.17) is 11.2 Å². The van der Waals surface area contributed by atoms with Crippen LogP contribution in [0.15, 0.2) is 36.4 Å². The van der Waals surface area contributed by atoms with Crippen LogP contribution in [0.5, 0.6) is 0 Å². The fourth-order valence-electron chi connectivity index (χ4n) is 3.93. The highest BCUT2D eigenvalue weighted by Crippen LogP contribution is 2.28. The molecule has 3 amide bonds. The summed E-state index contributed by atoms with van der Waals surface area (Å²) in [5.74, 6) is -0.418. The van der Waals surface area contributed by atoms with E-state index in [0.29, 0.717) is 23.4 Å². The van der Waals surface area contributed by atoms with Crippen molar-refractivity contribution in [3.8, 4) is 12.5 Å². The highest BCUT2D eigenvalue weighted by molar-refractivity contribution is 7.98. The van der Waals surface area contributed by atoms with E-state index in [1.54, 1.807) is 26.8 Å². The molecular weight excluding hydrogens is 498 g/mol. The Balaban J connectivity index is 2.52. The van der Waals surface area contributed by atoms with Crippen LogP contribution in [-0.4, -0.2) is 46.5 Å². The van der Waals surface area contributed by atoms with Crippen LogP contribution in [0.4, 0.5) is 10.5 Å². The summed E-state index contributed by atoms with van der Waals surface area (Å²) in [7, 11) is 0. The summed E-state index contributed by atoms with van der Waals surface area (Å²) in [5.41, 5.74) is 4.29. The van der Waals surface area contributed by atoms with Crippen molar-refractivity contribution in [1.82, 2.24) is 10.2 Å². The number of para-hydroxylation sites is 1. The Bertz CT molecular complexity index is 1190. The number of benzene rings is 2. The Kier molecular flexibility index (Phi) is 10.8. The van der Waals surface area contributed by atoms with Crippen LogP contribution >= 0.6 is 11.8 Å². The lowest BCUT2D eigenvalue weighted by molar-refractivity contribution is -0.136. The van der Waals surface area contributed by atoms with Gasteiger partial charge in [0.25, 0.3) is 11.8 Å². The van der Waals surface area contributed by atoms with Crippen molar-refractivity contribution in [1.29, 1.82) is 0 Å². The number of nitrogens with one attached hydrogen (secondary N) is 2. The quantitative estimate of drug-likeness (QED) is 0.318. The summed E-state index contributed by atoms with van der Waals surface area (Å²) in [6, 6.07) is 11.6. The van der Waals surface area contributed by atoms with Crippen LogP contribution in [0.2, 0.25) is 0 Å². The molecule has 0 aliphatic carbocycles. The van der Waals surface area contributed by atoms with Crippen molar-refractivity contribution in [2.24, 2.45) is 0 Å². The van der Waals surface area contributed by atoms with Gasteiger partial charge in [0, 0.05) is 11.7 Å². The molecule has 8 heteroatoms. The summed E-state index contributed by atoms with van der Waals surface area (Å²) in [5, 5.41) is 5.65. The molecule has 0 saturated carbocycles. The van der Waals surface area contributed by atoms with Gasteiger partial charge in [-0.25, -0.2) is 4.79 Å². The Labute approximate surface area is 231 Å². The van der Waals surface area contributed by atoms with Crippen LogP contribution in [0, 0.1) is 40.2 Å². The Hall–Kier alpha value is -3.44. The topological polar surface area (TPSA) is 87.7 Å². The SMILES string of the molecule is C#CN(C(=O)C(CCSC)NC(=O)OC(C)(C)C)C(C(=O)Nc1c(C)cccc1C)c1ccc(C)c(C)c1. The minimum atomic E-state index is -1.12. The zero-order valence-electron chi connectivity index (χ0n) is 23.6. The number of carbonyl (C=O) groups excluding carboxylic acids is 3. The maximum atomic E-state index is 13.9. The average molecular weight is 538 g/mol. The molecule has 0 bridgehead atoms. The molecule has 0 saturated heterocycles. The van der Waals surface area contributed by atoms with Crippen LogP contribution in [-0.2, 0) is 14.3 Å². The molecular formula is C30H39N3O4S. The van der Waals surface area contributed by atoms with Gasteiger partial charge in [0.05, 0.1) is 0 Å². The average Bonchev–Trinajstić information content (AvgIpc) is 2.82. The molecule has 7 nitrogen and oxygen atoms in total. The molecule has 2 aromatic carbocycles. The first kappa shape index (κ1) is 30.8. The molecule has 2 N–H and O–H groups in total. The molecule has 0 fully saturated rings.